The summed E-state index contributed by atoms with van der Waals surface area (Å²) in [5, 5.41) is 11.7. The van der Waals surface area contributed by atoms with Gasteiger partial charge in [-0.2, -0.15) is 0 Å². The van der Waals surface area contributed by atoms with Crippen LogP contribution in [0.15, 0.2) is 12.1 Å². The zero-order chi connectivity index (χ0) is 12.5. The summed E-state index contributed by atoms with van der Waals surface area (Å²) in [6, 6.07) is 4.39. The fourth-order valence-corrected chi connectivity index (χ4v) is 2.67. The van der Waals surface area contributed by atoms with Crippen molar-refractivity contribution in [3.63, 3.8) is 0 Å². The van der Waals surface area contributed by atoms with Gasteiger partial charge in [0.25, 0.3) is 0 Å². The molecule has 1 saturated heterocycles. The molecule has 5 heteroatoms. The van der Waals surface area contributed by atoms with Crippen LogP contribution in [0.5, 0.6) is 0 Å². The van der Waals surface area contributed by atoms with Crippen LogP contribution >= 0.6 is 0 Å². The van der Waals surface area contributed by atoms with Crippen molar-refractivity contribution in [1.29, 1.82) is 0 Å². The van der Waals surface area contributed by atoms with Crippen LogP contribution in [-0.2, 0) is 6.54 Å². The van der Waals surface area contributed by atoms with Gasteiger partial charge in [0.05, 0.1) is 0 Å². The van der Waals surface area contributed by atoms with E-state index in [1.54, 1.807) is 0 Å². The van der Waals surface area contributed by atoms with Crippen molar-refractivity contribution >= 4 is 5.65 Å². The first-order valence-corrected chi connectivity index (χ1v) is 6.48. The Kier molecular flexibility index (Phi) is 3.01. The van der Waals surface area contributed by atoms with E-state index < -0.39 is 0 Å². The van der Waals surface area contributed by atoms with Crippen LogP contribution in [0, 0.1) is 13.8 Å². The molecule has 0 bridgehead atoms. The number of fused-ring (bicyclic) bond motifs is 1. The first kappa shape index (κ1) is 11.6. The van der Waals surface area contributed by atoms with Crippen LogP contribution in [0.3, 0.4) is 0 Å². The van der Waals surface area contributed by atoms with Gasteiger partial charge in [0, 0.05) is 38.4 Å². The topological polar surface area (TPSA) is 45.5 Å². The minimum absolute atomic E-state index is 0.955. The standard InChI is InChI=1S/C13H19N5/c1-10-7-12(9-17-5-3-14-4-6-17)8-13-16-15-11(2)18(10)13/h7-8,14H,3-6,9H2,1-2H3. The molecule has 0 aliphatic carbocycles. The highest BCUT2D eigenvalue weighted by molar-refractivity contribution is 5.43. The summed E-state index contributed by atoms with van der Waals surface area (Å²) < 4.78 is 2.10. The van der Waals surface area contributed by atoms with Crippen LogP contribution in [0.2, 0.25) is 0 Å². The number of piperazine rings is 1. The third-order valence-corrected chi connectivity index (χ3v) is 3.53. The molecule has 0 radical (unpaired) electrons. The van der Waals surface area contributed by atoms with Crippen molar-refractivity contribution in [2.45, 2.75) is 20.4 Å². The van der Waals surface area contributed by atoms with Gasteiger partial charge in [-0.1, -0.05) is 0 Å². The molecule has 2 aromatic heterocycles. The third-order valence-electron chi connectivity index (χ3n) is 3.53. The molecule has 2 aromatic rings. The largest absolute Gasteiger partial charge is 0.314 e. The van der Waals surface area contributed by atoms with Gasteiger partial charge in [0.15, 0.2) is 5.65 Å². The molecule has 0 unspecified atom stereocenters. The molecule has 3 heterocycles. The molecule has 1 fully saturated rings. The predicted molar refractivity (Wildman–Crippen MR) is 70.6 cm³/mol. The van der Waals surface area contributed by atoms with E-state index in [0.29, 0.717) is 0 Å². The molecule has 1 aliphatic rings. The van der Waals surface area contributed by atoms with Crippen molar-refractivity contribution < 1.29 is 0 Å². The fourth-order valence-electron chi connectivity index (χ4n) is 2.67. The Balaban J connectivity index is 1.88. The molecule has 0 spiro atoms. The summed E-state index contributed by atoms with van der Waals surface area (Å²) in [6.07, 6.45) is 0. The van der Waals surface area contributed by atoms with Gasteiger partial charge in [-0.3, -0.25) is 9.30 Å². The molecule has 96 valence electrons. The Morgan fingerprint density at radius 2 is 1.94 bits per heavy atom. The van der Waals surface area contributed by atoms with Gasteiger partial charge in [-0.25, -0.2) is 0 Å². The molecule has 5 nitrogen and oxygen atoms in total. The first-order chi connectivity index (χ1) is 8.74. The highest BCUT2D eigenvalue weighted by Crippen LogP contribution is 2.13. The zero-order valence-corrected chi connectivity index (χ0v) is 11.0. The van der Waals surface area contributed by atoms with E-state index in [2.05, 4.69) is 43.9 Å². The van der Waals surface area contributed by atoms with Gasteiger partial charge >= 0.3 is 0 Å². The maximum Gasteiger partial charge on any atom is 0.161 e. The lowest BCUT2D eigenvalue weighted by molar-refractivity contribution is 0.233. The highest BCUT2D eigenvalue weighted by Gasteiger charge is 2.12. The monoisotopic (exact) mass is 245 g/mol. The second kappa shape index (κ2) is 4.66. The van der Waals surface area contributed by atoms with E-state index in [4.69, 9.17) is 0 Å². The number of nitrogens with one attached hydrogen (secondary N) is 1. The van der Waals surface area contributed by atoms with Gasteiger partial charge < -0.3 is 5.32 Å². The summed E-state index contributed by atoms with van der Waals surface area (Å²) in [5.74, 6) is 0.955. The van der Waals surface area contributed by atoms with Crippen molar-refractivity contribution in [3.05, 3.63) is 29.2 Å². The number of pyridine rings is 1. The van der Waals surface area contributed by atoms with Gasteiger partial charge in [0.1, 0.15) is 5.82 Å². The minimum atomic E-state index is 0.955. The summed E-state index contributed by atoms with van der Waals surface area (Å²) in [7, 11) is 0. The fraction of sp³-hybridized carbons (Fsp3) is 0.538. The van der Waals surface area contributed by atoms with Gasteiger partial charge in [-0.05, 0) is 31.5 Å². The Labute approximate surface area is 107 Å². The normalized spacial score (nSPS) is 17.4. The number of nitrogens with zero attached hydrogens (tertiary/aromatic N) is 4. The highest BCUT2D eigenvalue weighted by atomic mass is 15.2. The lowest BCUT2D eigenvalue weighted by Gasteiger charge is -2.27. The first-order valence-electron chi connectivity index (χ1n) is 6.48. The molecule has 0 atom stereocenters. The van der Waals surface area contributed by atoms with E-state index in [1.165, 1.54) is 11.3 Å². The number of aryl methyl sites for hydroxylation is 2. The Morgan fingerprint density at radius 3 is 2.72 bits per heavy atom. The molecule has 1 N–H and O–H groups in total. The maximum absolute atomic E-state index is 4.21. The third kappa shape index (κ3) is 2.11. The summed E-state index contributed by atoms with van der Waals surface area (Å²) in [5.41, 5.74) is 3.49. The minimum Gasteiger partial charge on any atom is -0.314 e. The molecular formula is C13H19N5. The number of aromatic nitrogens is 3. The number of hydrogen-bond acceptors (Lipinski definition) is 4. The lowest BCUT2D eigenvalue weighted by atomic mass is 10.2. The Hall–Kier alpha value is -1.46. The van der Waals surface area contributed by atoms with E-state index in [-0.39, 0.29) is 0 Å². The second-order valence-electron chi connectivity index (χ2n) is 4.97. The quantitative estimate of drug-likeness (QED) is 0.848. The Bertz CT molecular complexity index is 554. The molecule has 0 saturated carbocycles. The molecule has 0 amide bonds. The SMILES string of the molecule is Cc1cc(CN2CCNCC2)cc2nnc(C)n12. The number of hydrogen-bond donors (Lipinski definition) is 1. The van der Waals surface area contributed by atoms with Crippen molar-refractivity contribution in [3.8, 4) is 0 Å². The summed E-state index contributed by atoms with van der Waals surface area (Å²) >= 11 is 0. The molecule has 18 heavy (non-hydrogen) atoms. The van der Waals surface area contributed by atoms with Crippen LogP contribution in [0.1, 0.15) is 17.1 Å². The number of rotatable bonds is 2. The van der Waals surface area contributed by atoms with Crippen molar-refractivity contribution in [2.75, 3.05) is 26.2 Å². The van der Waals surface area contributed by atoms with Crippen LogP contribution in [0.4, 0.5) is 0 Å². The zero-order valence-electron chi connectivity index (χ0n) is 11.0. The molecule has 1 aliphatic heterocycles. The molecule has 3 rings (SSSR count). The van der Waals surface area contributed by atoms with E-state index >= 15 is 0 Å². The van der Waals surface area contributed by atoms with Crippen LogP contribution in [0.25, 0.3) is 5.65 Å². The van der Waals surface area contributed by atoms with Crippen molar-refractivity contribution in [1.82, 2.24) is 24.8 Å². The molecular weight excluding hydrogens is 226 g/mol. The van der Waals surface area contributed by atoms with E-state index in [9.17, 15) is 0 Å². The smallest absolute Gasteiger partial charge is 0.161 e. The van der Waals surface area contributed by atoms with Crippen LogP contribution < -0.4 is 5.32 Å². The summed E-state index contributed by atoms with van der Waals surface area (Å²) in [6.45, 7) is 9.53. The molecule has 0 aromatic carbocycles. The van der Waals surface area contributed by atoms with E-state index in [1.807, 2.05) is 6.92 Å². The lowest BCUT2D eigenvalue weighted by Crippen LogP contribution is -2.42. The average Bonchev–Trinajstić information content (AvgIpc) is 2.72. The van der Waals surface area contributed by atoms with E-state index in [0.717, 1.165) is 44.2 Å². The van der Waals surface area contributed by atoms with Crippen LogP contribution in [-0.4, -0.2) is 45.7 Å². The maximum atomic E-state index is 4.21. The van der Waals surface area contributed by atoms with Gasteiger partial charge in [0.2, 0.25) is 0 Å². The predicted octanol–water partition coefficient (Wildman–Crippen LogP) is 0.751. The summed E-state index contributed by atoms with van der Waals surface area (Å²) in [4.78, 5) is 2.48. The average molecular weight is 245 g/mol. The second-order valence-corrected chi connectivity index (χ2v) is 4.97. The Morgan fingerprint density at radius 1 is 1.17 bits per heavy atom. The van der Waals surface area contributed by atoms with Crippen molar-refractivity contribution in [2.24, 2.45) is 0 Å². The van der Waals surface area contributed by atoms with Gasteiger partial charge in [-0.15, -0.1) is 10.2 Å².